The molecule has 5 aliphatic rings. The van der Waals surface area contributed by atoms with Crippen molar-refractivity contribution in [3.63, 3.8) is 0 Å². The molecule has 0 spiro atoms. The molecule has 4 saturated carbocycles. The molecule has 1 saturated heterocycles. The van der Waals surface area contributed by atoms with Crippen molar-refractivity contribution in [3.05, 3.63) is 22.4 Å². The molecule has 1 aromatic rings. The molecular formula is C20H28N2OS. The number of carbonyl (C=O) groups excluding carboxylic acids is 1. The number of hydrogen-bond donors (Lipinski definition) is 1. The summed E-state index contributed by atoms with van der Waals surface area (Å²) in [6.07, 6.45) is 10.3. The third kappa shape index (κ3) is 2.67. The highest BCUT2D eigenvalue weighted by atomic mass is 32.1. The number of piperidine rings is 1. The normalized spacial score (nSPS) is 38.5. The van der Waals surface area contributed by atoms with Crippen LogP contribution < -0.4 is 5.32 Å². The molecule has 0 atom stereocenters. The molecule has 1 N–H and O–H groups in total. The maximum atomic E-state index is 12.9. The fraction of sp³-hybridized carbons (Fsp3) is 0.750. The van der Waals surface area contributed by atoms with Crippen LogP contribution in [-0.4, -0.2) is 29.6 Å². The van der Waals surface area contributed by atoms with Crippen molar-refractivity contribution in [1.29, 1.82) is 0 Å². The van der Waals surface area contributed by atoms with Crippen molar-refractivity contribution in [2.45, 2.75) is 62.8 Å². The lowest BCUT2D eigenvalue weighted by atomic mass is 9.53. The van der Waals surface area contributed by atoms with Crippen LogP contribution in [0.4, 0.5) is 4.79 Å². The number of thiophene rings is 1. The minimum absolute atomic E-state index is 0.149. The predicted molar refractivity (Wildman–Crippen MR) is 97.3 cm³/mol. The van der Waals surface area contributed by atoms with Gasteiger partial charge in [-0.25, -0.2) is 4.79 Å². The number of amides is 2. The third-order valence-electron chi connectivity index (χ3n) is 7.21. The Balaban J connectivity index is 1.21. The molecule has 1 aromatic heterocycles. The first-order valence-corrected chi connectivity index (χ1v) is 10.7. The molecule has 2 heterocycles. The lowest BCUT2D eigenvalue weighted by Gasteiger charge is -2.57. The van der Waals surface area contributed by atoms with Crippen molar-refractivity contribution < 1.29 is 4.79 Å². The Hall–Kier alpha value is -1.03. The van der Waals surface area contributed by atoms with E-state index in [1.807, 2.05) is 0 Å². The zero-order valence-electron chi connectivity index (χ0n) is 14.4. The zero-order valence-corrected chi connectivity index (χ0v) is 15.2. The summed E-state index contributed by atoms with van der Waals surface area (Å²) in [5.74, 6) is 3.32. The molecule has 2 amide bonds. The highest BCUT2D eigenvalue weighted by Crippen LogP contribution is 2.55. The van der Waals surface area contributed by atoms with Gasteiger partial charge in [0, 0.05) is 18.6 Å². The predicted octanol–water partition coefficient (Wildman–Crippen LogP) is 4.61. The van der Waals surface area contributed by atoms with Crippen molar-refractivity contribution in [1.82, 2.24) is 10.2 Å². The molecule has 130 valence electrons. The molecule has 0 aromatic carbocycles. The van der Waals surface area contributed by atoms with E-state index >= 15 is 0 Å². The van der Waals surface area contributed by atoms with E-state index in [1.165, 1.54) is 44.1 Å². The Labute approximate surface area is 148 Å². The van der Waals surface area contributed by atoms with E-state index in [4.69, 9.17) is 0 Å². The van der Waals surface area contributed by atoms with Gasteiger partial charge in [-0.15, -0.1) is 0 Å². The Kier molecular flexibility index (Phi) is 3.66. The van der Waals surface area contributed by atoms with Crippen molar-refractivity contribution in [2.75, 3.05) is 13.1 Å². The van der Waals surface area contributed by atoms with Gasteiger partial charge in [-0.1, -0.05) is 0 Å². The molecule has 6 rings (SSSR count). The van der Waals surface area contributed by atoms with E-state index in [9.17, 15) is 4.79 Å². The maximum Gasteiger partial charge on any atom is 0.317 e. The van der Waals surface area contributed by atoms with Crippen LogP contribution in [0.3, 0.4) is 0 Å². The molecule has 4 aliphatic carbocycles. The van der Waals surface area contributed by atoms with E-state index in [0.717, 1.165) is 43.7 Å². The number of carbonyl (C=O) groups is 1. The maximum absolute atomic E-state index is 12.9. The van der Waals surface area contributed by atoms with E-state index in [2.05, 4.69) is 27.0 Å². The highest BCUT2D eigenvalue weighted by molar-refractivity contribution is 7.07. The molecule has 4 heteroatoms. The van der Waals surface area contributed by atoms with Crippen LogP contribution in [0.25, 0.3) is 0 Å². The first kappa shape index (κ1) is 15.2. The monoisotopic (exact) mass is 344 g/mol. The molecule has 0 unspecified atom stereocenters. The van der Waals surface area contributed by atoms with Gasteiger partial charge in [-0.2, -0.15) is 11.3 Å². The van der Waals surface area contributed by atoms with E-state index in [1.54, 1.807) is 11.3 Å². The molecule has 3 nitrogen and oxygen atoms in total. The van der Waals surface area contributed by atoms with E-state index in [0.29, 0.717) is 5.92 Å². The molecule has 0 radical (unpaired) electrons. The minimum Gasteiger partial charge on any atom is -0.333 e. The quantitative estimate of drug-likeness (QED) is 0.835. The van der Waals surface area contributed by atoms with Crippen LogP contribution in [0.2, 0.25) is 0 Å². The van der Waals surface area contributed by atoms with Gasteiger partial charge in [-0.05, 0) is 97.4 Å². The van der Waals surface area contributed by atoms with Crippen molar-refractivity contribution in [3.8, 4) is 0 Å². The highest BCUT2D eigenvalue weighted by Gasteiger charge is 2.51. The Morgan fingerprint density at radius 3 is 2.25 bits per heavy atom. The summed E-state index contributed by atoms with van der Waals surface area (Å²) in [6.45, 7) is 1.83. The number of rotatable bonds is 2. The first-order valence-electron chi connectivity index (χ1n) is 9.78. The number of likely N-dealkylation sites (tertiary alicyclic amines) is 1. The van der Waals surface area contributed by atoms with Crippen molar-refractivity contribution >= 4 is 17.4 Å². The van der Waals surface area contributed by atoms with Gasteiger partial charge in [0.15, 0.2) is 0 Å². The van der Waals surface area contributed by atoms with Crippen LogP contribution in [0, 0.1) is 17.8 Å². The van der Waals surface area contributed by atoms with Gasteiger partial charge in [0.1, 0.15) is 0 Å². The van der Waals surface area contributed by atoms with Crippen LogP contribution in [0.1, 0.15) is 62.8 Å². The molecule has 1 aliphatic heterocycles. The summed E-state index contributed by atoms with van der Waals surface area (Å²) >= 11 is 1.78. The molecular weight excluding hydrogens is 316 g/mol. The second-order valence-electron chi connectivity index (χ2n) is 8.95. The Morgan fingerprint density at radius 2 is 1.71 bits per heavy atom. The van der Waals surface area contributed by atoms with Gasteiger partial charge in [0.2, 0.25) is 0 Å². The number of hydrogen-bond acceptors (Lipinski definition) is 2. The lowest BCUT2D eigenvalue weighted by Crippen LogP contribution is -2.62. The summed E-state index contributed by atoms with van der Waals surface area (Å²) < 4.78 is 0. The van der Waals surface area contributed by atoms with Crippen LogP contribution >= 0.6 is 11.3 Å². The summed E-state index contributed by atoms with van der Waals surface area (Å²) in [4.78, 5) is 15.0. The smallest absolute Gasteiger partial charge is 0.317 e. The minimum atomic E-state index is 0.149. The SMILES string of the molecule is O=C(NC12CC3CC(CC(C3)C1)C2)N1CCC(c2ccsc2)CC1. The second-order valence-corrected chi connectivity index (χ2v) is 9.73. The average molecular weight is 345 g/mol. The summed E-state index contributed by atoms with van der Waals surface area (Å²) in [6, 6.07) is 2.47. The van der Waals surface area contributed by atoms with E-state index in [-0.39, 0.29) is 11.6 Å². The number of nitrogens with zero attached hydrogens (tertiary/aromatic N) is 1. The fourth-order valence-electron chi connectivity index (χ4n) is 6.49. The number of urea groups is 1. The van der Waals surface area contributed by atoms with E-state index < -0.39 is 0 Å². The summed E-state index contributed by atoms with van der Waals surface area (Å²) in [5.41, 5.74) is 1.62. The second kappa shape index (κ2) is 5.76. The molecule has 5 fully saturated rings. The van der Waals surface area contributed by atoms with Crippen LogP contribution in [-0.2, 0) is 0 Å². The van der Waals surface area contributed by atoms with Gasteiger partial charge in [0.25, 0.3) is 0 Å². The lowest BCUT2D eigenvalue weighted by molar-refractivity contribution is -0.0160. The van der Waals surface area contributed by atoms with Gasteiger partial charge >= 0.3 is 6.03 Å². The summed E-state index contributed by atoms with van der Waals surface area (Å²) in [7, 11) is 0. The summed E-state index contributed by atoms with van der Waals surface area (Å²) in [5, 5.41) is 7.97. The average Bonchev–Trinajstić information content (AvgIpc) is 3.07. The Bertz CT molecular complexity index is 568. The number of nitrogens with one attached hydrogen (secondary N) is 1. The topological polar surface area (TPSA) is 32.3 Å². The third-order valence-corrected chi connectivity index (χ3v) is 7.91. The van der Waals surface area contributed by atoms with Gasteiger partial charge in [-0.3, -0.25) is 0 Å². The largest absolute Gasteiger partial charge is 0.333 e. The Morgan fingerprint density at radius 1 is 1.08 bits per heavy atom. The van der Waals surface area contributed by atoms with Crippen LogP contribution in [0.15, 0.2) is 16.8 Å². The zero-order chi connectivity index (χ0) is 16.1. The molecule has 4 bridgehead atoms. The van der Waals surface area contributed by atoms with Gasteiger partial charge < -0.3 is 10.2 Å². The van der Waals surface area contributed by atoms with Gasteiger partial charge in [0.05, 0.1) is 0 Å². The fourth-order valence-corrected chi connectivity index (χ4v) is 7.24. The standard InChI is InChI=1S/C20H28N2OS/c23-19(22-4-1-17(2-5-22)18-3-6-24-13-18)21-20-10-14-7-15(11-20)9-16(8-14)12-20/h3,6,13-17H,1-2,4-5,7-12H2,(H,21,23). The van der Waals surface area contributed by atoms with Crippen molar-refractivity contribution in [2.24, 2.45) is 17.8 Å². The van der Waals surface area contributed by atoms with Crippen LogP contribution in [0.5, 0.6) is 0 Å². The molecule has 24 heavy (non-hydrogen) atoms. The first-order chi connectivity index (χ1) is 11.7.